The summed E-state index contributed by atoms with van der Waals surface area (Å²) in [6.45, 7) is 11.0. The largest absolute Gasteiger partial charge is 0.297 e. The van der Waals surface area contributed by atoms with E-state index in [-0.39, 0.29) is 11.6 Å². The van der Waals surface area contributed by atoms with Gasteiger partial charge in [0.25, 0.3) is 0 Å². The molecule has 0 saturated carbocycles. The Balaban J connectivity index is 3.01. The maximum atomic E-state index is 6.04. The minimum atomic E-state index is 0.0920. The number of hydrazine groups is 1. The van der Waals surface area contributed by atoms with E-state index >= 15 is 0 Å². The number of rotatable bonds is 9. The minimum Gasteiger partial charge on any atom is -0.297 e. The maximum Gasteiger partial charge on any atom is 0.0931 e. The number of hydrogen-bond donors (Lipinski definition) is 2. The Bertz CT molecular complexity index is 386. The molecule has 116 valence electrons. The molecule has 1 aromatic rings. The monoisotopic (exact) mass is 317 g/mol. The molecule has 3 nitrogen and oxygen atoms in total. The van der Waals surface area contributed by atoms with Crippen molar-refractivity contribution in [2.75, 3.05) is 13.1 Å². The molecule has 20 heavy (non-hydrogen) atoms. The summed E-state index contributed by atoms with van der Waals surface area (Å²) in [7, 11) is 0. The number of likely N-dealkylation sites (N-methyl/N-ethyl adjacent to an activating group) is 1. The maximum absolute atomic E-state index is 6.04. The van der Waals surface area contributed by atoms with Crippen LogP contribution in [0.4, 0.5) is 0 Å². The van der Waals surface area contributed by atoms with E-state index in [9.17, 15) is 0 Å². The van der Waals surface area contributed by atoms with Crippen LogP contribution in [0.5, 0.6) is 0 Å². The van der Waals surface area contributed by atoms with Crippen LogP contribution in [0.25, 0.3) is 0 Å². The fourth-order valence-electron chi connectivity index (χ4n) is 3.33. The van der Waals surface area contributed by atoms with Crippen LogP contribution in [0.1, 0.15) is 45.4 Å². The molecule has 0 aliphatic carbocycles. The molecule has 1 unspecified atom stereocenters. The summed E-state index contributed by atoms with van der Waals surface area (Å²) in [6.07, 6.45) is 3.09. The number of nitrogens with two attached hydrogens (primary N) is 1. The second-order valence-electron chi connectivity index (χ2n) is 5.11. The Hall–Kier alpha value is -0.130. The molecule has 0 radical (unpaired) electrons. The molecule has 1 aromatic heterocycles. The quantitative estimate of drug-likeness (QED) is 0.539. The van der Waals surface area contributed by atoms with Gasteiger partial charge in [-0.1, -0.05) is 39.3 Å². The summed E-state index contributed by atoms with van der Waals surface area (Å²) in [5.74, 6) is 5.91. The number of hydrogen-bond acceptors (Lipinski definition) is 4. The van der Waals surface area contributed by atoms with Crippen LogP contribution in [0.2, 0.25) is 4.34 Å². The van der Waals surface area contributed by atoms with Crippen LogP contribution >= 0.6 is 22.9 Å². The Kier molecular flexibility index (Phi) is 7.48. The highest BCUT2D eigenvalue weighted by molar-refractivity contribution is 7.16. The van der Waals surface area contributed by atoms with Gasteiger partial charge in [0.2, 0.25) is 0 Å². The third-order valence-corrected chi connectivity index (χ3v) is 5.76. The standard InChI is InChI=1S/C15H28ClN3S/c1-5-15(6-2,19(7-3)8-4)13(18-17)11-12-9-10-14(16)20-12/h9-10,13,18H,5-8,11,17H2,1-4H3. The molecule has 1 atom stereocenters. The summed E-state index contributed by atoms with van der Waals surface area (Å²) in [4.78, 5) is 3.82. The lowest BCUT2D eigenvalue weighted by atomic mass is 9.81. The van der Waals surface area contributed by atoms with E-state index in [0.717, 1.165) is 36.7 Å². The van der Waals surface area contributed by atoms with Crippen molar-refractivity contribution in [3.63, 3.8) is 0 Å². The molecule has 0 spiro atoms. The van der Waals surface area contributed by atoms with Gasteiger partial charge in [-0.25, -0.2) is 0 Å². The summed E-state index contributed by atoms with van der Waals surface area (Å²) in [5.41, 5.74) is 3.17. The van der Waals surface area contributed by atoms with Gasteiger partial charge >= 0.3 is 0 Å². The topological polar surface area (TPSA) is 41.3 Å². The van der Waals surface area contributed by atoms with Gasteiger partial charge in [-0.15, -0.1) is 11.3 Å². The van der Waals surface area contributed by atoms with E-state index in [1.54, 1.807) is 11.3 Å². The fourth-order valence-corrected chi connectivity index (χ4v) is 4.46. The Morgan fingerprint density at radius 3 is 2.20 bits per heavy atom. The zero-order valence-corrected chi connectivity index (χ0v) is 14.7. The SMILES string of the molecule is CCN(CC)C(CC)(CC)C(Cc1ccc(Cl)s1)NN. The van der Waals surface area contributed by atoms with Gasteiger partial charge in [-0.05, 0) is 38.1 Å². The van der Waals surface area contributed by atoms with Crippen molar-refractivity contribution in [3.05, 3.63) is 21.3 Å². The van der Waals surface area contributed by atoms with E-state index in [1.807, 2.05) is 6.07 Å². The molecule has 0 amide bonds. The minimum absolute atomic E-state index is 0.0920. The second-order valence-corrected chi connectivity index (χ2v) is 6.91. The van der Waals surface area contributed by atoms with Crippen molar-refractivity contribution < 1.29 is 0 Å². The van der Waals surface area contributed by atoms with Crippen LogP contribution in [0.15, 0.2) is 12.1 Å². The molecule has 0 saturated heterocycles. The van der Waals surface area contributed by atoms with Gasteiger partial charge in [0.15, 0.2) is 0 Å². The summed E-state index contributed by atoms with van der Waals surface area (Å²) in [5, 5.41) is 0. The molecule has 5 heteroatoms. The van der Waals surface area contributed by atoms with Crippen molar-refractivity contribution in [2.24, 2.45) is 5.84 Å². The van der Waals surface area contributed by atoms with Gasteiger partial charge in [-0.3, -0.25) is 16.2 Å². The molecular formula is C15H28ClN3S. The number of nitrogens with zero attached hydrogens (tertiary/aromatic N) is 1. The highest BCUT2D eigenvalue weighted by Crippen LogP contribution is 2.31. The molecule has 0 fully saturated rings. The predicted octanol–water partition coefficient (Wildman–Crippen LogP) is 3.68. The highest BCUT2D eigenvalue weighted by Gasteiger charge is 2.39. The lowest BCUT2D eigenvalue weighted by Gasteiger charge is -2.47. The Morgan fingerprint density at radius 1 is 1.25 bits per heavy atom. The third-order valence-electron chi connectivity index (χ3n) is 4.50. The van der Waals surface area contributed by atoms with Crippen molar-refractivity contribution in [2.45, 2.75) is 58.5 Å². The molecule has 0 aliphatic rings. The fraction of sp³-hybridized carbons (Fsp3) is 0.733. The lowest BCUT2D eigenvalue weighted by Crippen LogP contribution is -2.63. The van der Waals surface area contributed by atoms with Crippen LogP contribution in [-0.4, -0.2) is 29.6 Å². The highest BCUT2D eigenvalue weighted by atomic mass is 35.5. The van der Waals surface area contributed by atoms with Gasteiger partial charge < -0.3 is 0 Å². The Labute approximate surface area is 132 Å². The number of halogens is 1. The summed E-state index contributed by atoms with van der Waals surface area (Å²) >= 11 is 7.69. The van der Waals surface area contributed by atoms with Gasteiger partial charge in [-0.2, -0.15) is 0 Å². The van der Waals surface area contributed by atoms with Gasteiger partial charge in [0.05, 0.1) is 4.34 Å². The molecule has 0 bridgehead atoms. The zero-order valence-electron chi connectivity index (χ0n) is 13.1. The van der Waals surface area contributed by atoms with E-state index in [2.05, 4.69) is 44.1 Å². The molecule has 0 aliphatic heterocycles. The first-order valence-corrected chi connectivity index (χ1v) is 8.72. The van der Waals surface area contributed by atoms with Crippen LogP contribution in [0, 0.1) is 0 Å². The molecule has 1 heterocycles. The first kappa shape index (κ1) is 17.9. The Morgan fingerprint density at radius 2 is 1.85 bits per heavy atom. The average molecular weight is 318 g/mol. The van der Waals surface area contributed by atoms with Crippen molar-refractivity contribution in [3.8, 4) is 0 Å². The zero-order chi connectivity index (χ0) is 15.2. The van der Waals surface area contributed by atoms with Crippen molar-refractivity contribution >= 4 is 22.9 Å². The first-order chi connectivity index (χ1) is 9.57. The van der Waals surface area contributed by atoms with E-state index in [4.69, 9.17) is 17.4 Å². The molecule has 0 aromatic carbocycles. The van der Waals surface area contributed by atoms with Crippen LogP contribution in [0.3, 0.4) is 0 Å². The van der Waals surface area contributed by atoms with Crippen LogP contribution in [-0.2, 0) is 6.42 Å². The van der Waals surface area contributed by atoms with E-state index < -0.39 is 0 Å². The second kappa shape index (κ2) is 8.35. The average Bonchev–Trinajstić information content (AvgIpc) is 2.88. The molecule has 1 rings (SSSR count). The smallest absolute Gasteiger partial charge is 0.0931 e. The number of nitrogens with one attached hydrogen (secondary N) is 1. The summed E-state index contributed by atoms with van der Waals surface area (Å²) < 4.78 is 0.845. The van der Waals surface area contributed by atoms with Gasteiger partial charge in [0.1, 0.15) is 0 Å². The van der Waals surface area contributed by atoms with E-state index in [0.29, 0.717) is 0 Å². The molecule has 3 N–H and O–H groups in total. The van der Waals surface area contributed by atoms with Gasteiger partial charge in [0, 0.05) is 22.9 Å². The number of thiophene rings is 1. The summed E-state index contributed by atoms with van der Waals surface area (Å²) in [6, 6.07) is 4.30. The van der Waals surface area contributed by atoms with Crippen molar-refractivity contribution in [1.82, 2.24) is 10.3 Å². The lowest BCUT2D eigenvalue weighted by molar-refractivity contribution is 0.0495. The van der Waals surface area contributed by atoms with Crippen LogP contribution < -0.4 is 11.3 Å². The normalized spacial score (nSPS) is 13.9. The third kappa shape index (κ3) is 3.74. The molecular weight excluding hydrogens is 290 g/mol. The predicted molar refractivity (Wildman–Crippen MR) is 90.4 cm³/mol. The first-order valence-electron chi connectivity index (χ1n) is 7.53. The van der Waals surface area contributed by atoms with Crippen molar-refractivity contribution in [1.29, 1.82) is 0 Å². The van der Waals surface area contributed by atoms with E-state index in [1.165, 1.54) is 4.88 Å².